The third-order valence-corrected chi connectivity index (χ3v) is 2.45. The summed E-state index contributed by atoms with van der Waals surface area (Å²) in [5, 5.41) is 0. The van der Waals surface area contributed by atoms with E-state index in [1.165, 1.54) is 6.92 Å². The molecular weight excluding hydrogens is 246 g/mol. The highest BCUT2D eigenvalue weighted by atomic mass is 79.9. The molecule has 0 fully saturated rings. The first-order valence-electron chi connectivity index (χ1n) is 4.10. The van der Waals surface area contributed by atoms with Gasteiger partial charge in [0.15, 0.2) is 5.78 Å². The fourth-order valence-corrected chi connectivity index (χ4v) is 1.95. The van der Waals surface area contributed by atoms with E-state index in [1.807, 2.05) is 13.1 Å². The Bertz CT molecular complexity index is 518. The first-order chi connectivity index (χ1) is 6.59. The molecule has 2 aromatic rings. The molecule has 2 rings (SSSR count). The van der Waals surface area contributed by atoms with Crippen LogP contribution in [-0.2, 0) is 0 Å². The second kappa shape index (κ2) is 3.16. The molecule has 0 saturated carbocycles. The van der Waals surface area contributed by atoms with Gasteiger partial charge in [-0.25, -0.2) is 9.97 Å². The second-order valence-electron chi connectivity index (χ2n) is 3.11. The number of aromatic nitrogens is 3. The van der Waals surface area contributed by atoms with Crippen LogP contribution in [0.25, 0.3) is 5.78 Å². The van der Waals surface area contributed by atoms with Gasteiger partial charge in [0.2, 0.25) is 5.78 Å². The summed E-state index contributed by atoms with van der Waals surface area (Å²) in [6.07, 6.45) is 3.56. The molecule has 0 aliphatic carbocycles. The number of nitrogens with zero attached hydrogens (tertiary/aromatic N) is 3. The Balaban J connectivity index is 2.86. The number of hydrogen-bond donors (Lipinski definition) is 0. The van der Waals surface area contributed by atoms with Crippen molar-refractivity contribution in [3.05, 3.63) is 28.3 Å². The molecule has 2 aromatic heterocycles. The number of fused-ring (bicyclic) bond motifs is 1. The summed E-state index contributed by atoms with van der Waals surface area (Å²) in [5.41, 5.74) is 1.53. The molecule has 0 bridgehead atoms. The van der Waals surface area contributed by atoms with Crippen molar-refractivity contribution in [2.24, 2.45) is 0 Å². The van der Waals surface area contributed by atoms with Gasteiger partial charge in [-0.05, 0) is 28.4 Å². The van der Waals surface area contributed by atoms with Crippen molar-refractivity contribution in [3.63, 3.8) is 0 Å². The molecule has 72 valence electrons. The van der Waals surface area contributed by atoms with Gasteiger partial charge in [-0.3, -0.25) is 9.20 Å². The quantitative estimate of drug-likeness (QED) is 0.731. The van der Waals surface area contributed by atoms with Gasteiger partial charge in [0, 0.05) is 19.3 Å². The smallest absolute Gasteiger partial charge is 0.235 e. The SMILES string of the molecule is CC(=O)c1c(Br)nc2ncc(C)cn12. The van der Waals surface area contributed by atoms with Crippen LogP contribution in [0.4, 0.5) is 0 Å². The van der Waals surface area contributed by atoms with Crippen LogP contribution in [0.15, 0.2) is 17.0 Å². The van der Waals surface area contributed by atoms with Crippen LogP contribution in [0.3, 0.4) is 0 Å². The summed E-state index contributed by atoms with van der Waals surface area (Å²) in [6, 6.07) is 0. The topological polar surface area (TPSA) is 47.3 Å². The third-order valence-electron chi connectivity index (χ3n) is 1.90. The molecule has 0 atom stereocenters. The standard InChI is InChI=1S/C9H8BrN3O/c1-5-3-11-9-12-8(10)7(6(2)14)13(9)4-5/h3-4H,1-2H3. The lowest BCUT2D eigenvalue weighted by Crippen LogP contribution is -2.00. The number of aryl methyl sites for hydroxylation is 1. The number of carbonyl (C=O) groups is 1. The molecule has 14 heavy (non-hydrogen) atoms. The first kappa shape index (κ1) is 9.33. The number of hydrogen-bond acceptors (Lipinski definition) is 3. The Kier molecular flexibility index (Phi) is 2.11. The largest absolute Gasteiger partial charge is 0.293 e. The average molecular weight is 254 g/mol. The lowest BCUT2D eigenvalue weighted by molar-refractivity contribution is 0.101. The number of Topliss-reactive ketones (excluding diaryl/α,β-unsaturated/α-hetero) is 1. The average Bonchev–Trinajstić information content (AvgIpc) is 2.40. The van der Waals surface area contributed by atoms with E-state index in [4.69, 9.17) is 0 Å². The molecule has 4 nitrogen and oxygen atoms in total. The van der Waals surface area contributed by atoms with E-state index in [2.05, 4.69) is 25.9 Å². The highest BCUT2D eigenvalue weighted by molar-refractivity contribution is 9.10. The first-order valence-corrected chi connectivity index (χ1v) is 4.90. The molecule has 0 saturated heterocycles. The predicted octanol–water partition coefficient (Wildman–Crippen LogP) is 2.00. The second-order valence-corrected chi connectivity index (χ2v) is 3.86. The maximum absolute atomic E-state index is 11.3. The zero-order valence-electron chi connectivity index (χ0n) is 7.78. The monoisotopic (exact) mass is 253 g/mol. The fourth-order valence-electron chi connectivity index (χ4n) is 1.32. The molecule has 0 radical (unpaired) electrons. The maximum Gasteiger partial charge on any atom is 0.235 e. The molecule has 0 N–H and O–H groups in total. The minimum absolute atomic E-state index is 0.0308. The molecule has 0 aliphatic rings. The molecule has 0 aliphatic heterocycles. The van der Waals surface area contributed by atoms with E-state index in [0.29, 0.717) is 16.1 Å². The van der Waals surface area contributed by atoms with Gasteiger partial charge in [0.25, 0.3) is 0 Å². The summed E-state index contributed by atoms with van der Waals surface area (Å²) in [4.78, 5) is 19.6. The number of ketones is 1. The Morgan fingerprint density at radius 1 is 1.57 bits per heavy atom. The third kappa shape index (κ3) is 1.33. The van der Waals surface area contributed by atoms with Crippen LogP contribution < -0.4 is 0 Å². The van der Waals surface area contributed by atoms with Crippen molar-refractivity contribution >= 4 is 27.5 Å². The van der Waals surface area contributed by atoms with Crippen LogP contribution in [0.5, 0.6) is 0 Å². The van der Waals surface area contributed by atoms with Gasteiger partial charge in [-0.2, -0.15) is 0 Å². The van der Waals surface area contributed by atoms with Gasteiger partial charge >= 0.3 is 0 Å². The van der Waals surface area contributed by atoms with Gasteiger partial charge < -0.3 is 0 Å². The Hall–Kier alpha value is -1.23. The van der Waals surface area contributed by atoms with Crippen LogP contribution in [-0.4, -0.2) is 20.2 Å². The molecule has 0 aromatic carbocycles. The van der Waals surface area contributed by atoms with Crippen molar-refractivity contribution < 1.29 is 4.79 Å². The van der Waals surface area contributed by atoms with Crippen molar-refractivity contribution in [2.45, 2.75) is 13.8 Å². The van der Waals surface area contributed by atoms with Crippen molar-refractivity contribution in [3.8, 4) is 0 Å². The maximum atomic E-state index is 11.3. The van der Waals surface area contributed by atoms with Gasteiger partial charge in [-0.1, -0.05) is 0 Å². The molecular formula is C9H8BrN3O. The van der Waals surface area contributed by atoms with Gasteiger partial charge in [-0.15, -0.1) is 0 Å². The highest BCUT2D eigenvalue weighted by Crippen LogP contribution is 2.17. The highest BCUT2D eigenvalue weighted by Gasteiger charge is 2.14. The van der Waals surface area contributed by atoms with Crippen molar-refractivity contribution in [2.75, 3.05) is 0 Å². The number of imidazole rings is 1. The molecule has 0 spiro atoms. The van der Waals surface area contributed by atoms with Crippen molar-refractivity contribution in [1.82, 2.24) is 14.4 Å². The number of halogens is 1. The molecule has 5 heteroatoms. The summed E-state index contributed by atoms with van der Waals surface area (Å²) in [5.74, 6) is 0.504. The normalized spacial score (nSPS) is 10.8. The van der Waals surface area contributed by atoms with Crippen LogP contribution in [0.1, 0.15) is 23.0 Å². The van der Waals surface area contributed by atoms with E-state index in [9.17, 15) is 4.79 Å². The van der Waals surface area contributed by atoms with Crippen LogP contribution in [0, 0.1) is 6.92 Å². The van der Waals surface area contributed by atoms with Crippen LogP contribution >= 0.6 is 15.9 Å². The summed E-state index contributed by atoms with van der Waals surface area (Å²) in [7, 11) is 0. The zero-order valence-corrected chi connectivity index (χ0v) is 9.37. The summed E-state index contributed by atoms with van der Waals surface area (Å²) >= 11 is 3.24. The van der Waals surface area contributed by atoms with Gasteiger partial charge in [0.05, 0.1) is 0 Å². The zero-order chi connectivity index (χ0) is 10.3. The molecule has 0 unspecified atom stereocenters. The van der Waals surface area contributed by atoms with E-state index in [0.717, 1.165) is 5.56 Å². The lowest BCUT2D eigenvalue weighted by Gasteiger charge is -1.97. The van der Waals surface area contributed by atoms with Crippen molar-refractivity contribution in [1.29, 1.82) is 0 Å². The van der Waals surface area contributed by atoms with E-state index in [-0.39, 0.29) is 5.78 Å². The predicted molar refractivity (Wildman–Crippen MR) is 55.4 cm³/mol. The minimum atomic E-state index is -0.0308. The van der Waals surface area contributed by atoms with E-state index in [1.54, 1.807) is 10.6 Å². The Morgan fingerprint density at radius 2 is 2.29 bits per heavy atom. The number of rotatable bonds is 1. The minimum Gasteiger partial charge on any atom is -0.293 e. The summed E-state index contributed by atoms with van der Waals surface area (Å²) in [6.45, 7) is 3.43. The lowest BCUT2D eigenvalue weighted by atomic mass is 10.3. The Morgan fingerprint density at radius 3 is 2.93 bits per heavy atom. The fraction of sp³-hybridized carbons (Fsp3) is 0.222. The summed E-state index contributed by atoms with van der Waals surface area (Å²) < 4.78 is 2.24. The molecule has 2 heterocycles. The van der Waals surface area contributed by atoms with Gasteiger partial charge in [0.1, 0.15) is 10.3 Å². The Labute approximate surface area is 89.1 Å². The van der Waals surface area contributed by atoms with Crippen LogP contribution in [0.2, 0.25) is 0 Å². The molecule has 0 amide bonds. The van der Waals surface area contributed by atoms with E-state index >= 15 is 0 Å². The number of carbonyl (C=O) groups excluding carboxylic acids is 1. The van der Waals surface area contributed by atoms with E-state index < -0.39 is 0 Å².